The van der Waals surface area contributed by atoms with Gasteiger partial charge in [-0.05, 0) is 87.4 Å². The van der Waals surface area contributed by atoms with Crippen LogP contribution in [0.4, 0.5) is 0 Å². The number of aliphatic hydroxyl groups excluding tert-OH is 1. The summed E-state index contributed by atoms with van der Waals surface area (Å²) in [5.41, 5.74) is 7.96. The number of carbonyl (C=O) groups excluding carboxylic acids is 1. The number of aromatic nitrogens is 3. The van der Waals surface area contributed by atoms with Gasteiger partial charge in [-0.15, -0.1) is 0 Å². The number of ether oxygens (including phenoxy) is 1. The number of furan rings is 1. The molecule has 1 amide bonds. The Bertz CT molecular complexity index is 1990. The van der Waals surface area contributed by atoms with E-state index in [0.29, 0.717) is 37.3 Å². The van der Waals surface area contributed by atoms with Crippen molar-refractivity contribution in [2.75, 3.05) is 6.61 Å². The van der Waals surface area contributed by atoms with Crippen LogP contribution < -0.4 is 15.4 Å². The molecule has 0 saturated heterocycles. The molecule has 0 aliphatic rings. The molecular formula is C38H46ClN5O6. The van der Waals surface area contributed by atoms with E-state index < -0.39 is 18.2 Å². The monoisotopic (exact) mass is 703 g/mol. The second-order valence-electron chi connectivity index (χ2n) is 13.0. The van der Waals surface area contributed by atoms with Crippen LogP contribution in [0.2, 0.25) is 5.02 Å². The van der Waals surface area contributed by atoms with Crippen LogP contribution >= 0.6 is 11.6 Å². The van der Waals surface area contributed by atoms with E-state index in [4.69, 9.17) is 20.8 Å². The largest absolute Gasteiger partial charge is 0.494 e. The Kier molecular flexibility index (Phi) is 11.4. The number of aromatic amines is 1. The molecule has 11 nitrogen and oxygen atoms in total. The summed E-state index contributed by atoms with van der Waals surface area (Å²) in [7, 11) is 1.92. The molecule has 5 rings (SSSR count). The number of benzene rings is 2. The minimum Gasteiger partial charge on any atom is -0.494 e. The normalized spacial score (nSPS) is 13.4. The highest BCUT2D eigenvalue weighted by atomic mass is 35.5. The number of rotatable bonds is 15. The molecule has 1 unspecified atom stereocenters. The molecule has 0 radical (unpaired) electrons. The van der Waals surface area contributed by atoms with Gasteiger partial charge in [-0.25, -0.2) is 0 Å². The summed E-state index contributed by atoms with van der Waals surface area (Å²) >= 11 is 6.34. The highest BCUT2D eigenvalue weighted by Crippen LogP contribution is 2.36. The fraction of sp³-hybridized carbons (Fsp3) is 0.395. The van der Waals surface area contributed by atoms with Gasteiger partial charge in [-0.3, -0.25) is 19.6 Å². The topological polar surface area (TPSA) is 155 Å². The minimum atomic E-state index is -1.32. The predicted octanol–water partition coefficient (Wildman–Crippen LogP) is 7.07. The highest BCUT2D eigenvalue weighted by Gasteiger charge is 2.28. The number of halogens is 1. The van der Waals surface area contributed by atoms with Gasteiger partial charge >= 0.3 is 5.97 Å². The van der Waals surface area contributed by atoms with E-state index >= 15 is 0 Å². The van der Waals surface area contributed by atoms with Crippen molar-refractivity contribution in [2.24, 2.45) is 13.0 Å². The highest BCUT2D eigenvalue weighted by molar-refractivity contribution is 6.32. The average Bonchev–Trinajstić information content (AvgIpc) is 3.78. The van der Waals surface area contributed by atoms with Crippen LogP contribution in [0.1, 0.15) is 83.0 Å². The first-order valence-corrected chi connectivity index (χ1v) is 17.3. The Morgan fingerprint density at radius 1 is 1.12 bits per heavy atom. The zero-order valence-corrected chi connectivity index (χ0v) is 30.4. The van der Waals surface area contributed by atoms with Gasteiger partial charge in [0.05, 0.1) is 24.4 Å². The van der Waals surface area contributed by atoms with Crippen LogP contribution in [0.25, 0.3) is 22.0 Å². The number of nitrogens with zero attached hydrogens (tertiary/aromatic N) is 2. The second-order valence-corrected chi connectivity index (χ2v) is 13.3. The van der Waals surface area contributed by atoms with Crippen molar-refractivity contribution >= 4 is 34.4 Å². The molecule has 0 aliphatic carbocycles. The van der Waals surface area contributed by atoms with E-state index in [1.165, 1.54) is 0 Å². The van der Waals surface area contributed by atoms with E-state index in [1.807, 2.05) is 76.7 Å². The van der Waals surface area contributed by atoms with Gasteiger partial charge in [0.1, 0.15) is 29.0 Å². The van der Waals surface area contributed by atoms with Crippen molar-refractivity contribution in [1.82, 2.24) is 25.4 Å². The van der Waals surface area contributed by atoms with Crippen LogP contribution in [-0.2, 0) is 24.8 Å². The standard InChI is InChI=1S/C38H46ClN5O6/c1-8-20(2)33(38(47)48)42-36(45)30-15-14-25(50-30)19-40-37(46)35-28(13-10-16-49-26-17-21(3)32(39)22(4)18-26)27-11-9-12-29(34(27)41-35)31-23(5)43-44(7)24(31)6/h9,11-12,14-15,17-18,20,33,36,41-42,45H,8,10,13,16,19H2,1-7H3,(H,40,46)(H,47,48)/t20-,33-,36?/m0/s1. The number of amides is 1. The molecule has 50 heavy (non-hydrogen) atoms. The van der Waals surface area contributed by atoms with Gasteiger partial charge in [-0.2, -0.15) is 5.10 Å². The molecule has 5 aromatic rings. The number of fused-ring (bicyclic) bond motifs is 1. The first kappa shape index (κ1) is 36.7. The maximum atomic E-state index is 13.9. The SMILES string of the molecule is CC[C@H](C)[C@H](NC(O)c1ccc(CNC(=O)c2[nH]c3c(-c4c(C)nn(C)c4C)cccc3c2CCCOc2cc(C)c(Cl)c(C)c2)o1)C(=O)O. The number of hydrogen-bond acceptors (Lipinski definition) is 7. The summed E-state index contributed by atoms with van der Waals surface area (Å²) in [6, 6.07) is 12.2. The lowest BCUT2D eigenvalue weighted by molar-refractivity contribution is -0.142. The molecule has 0 bridgehead atoms. The van der Waals surface area contributed by atoms with E-state index in [-0.39, 0.29) is 24.1 Å². The zero-order chi connectivity index (χ0) is 36.3. The fourth-order valence-corrected chi connectivity index (χ4v) is 6.50. The summed E-state index contributed by atoms with van der Waals surface area (Å²) in [5, 5.41) is 32.2. The van der Waals surface area contributed by atoms with Crippen LogP contribution in [0, 0.1) is 33.6 Å². The number of H-pyrrole nitrogens is 1. The summed E-state index contributed by atoms with van der Waals surface area (Å²) in [4.78, 5) is 29.0. The Balaban J connectivity index is 1.37. The second kappa shape index (κ2) is 15.5. The third-order valence-electron chi connectivity index (χ3n) is 9.39. The van der Waals surface area contributed by atoms with Crippen molar-refractivity contribution in [3.63, 3.8) is 0 Å². The number of carboxylic acid groups (broad SMARTS) is 1. The third-order valence-corrected chi connectivity index (χ3v) is 9.98. The summed E-state index contributed by atoms with van der Waals surface area (Å²) in [5.74, 6) is -0.247. The third kappa shape index (κ3) is 7.75. The number of aliphatic carboxylic acids is 1. The Labute approximate surface area is 297 Å². The lowest BCUT2D eigenvalue weighted by Gasteiger charge is -2.22. The van der Waals surface area contributed by atoms with Gasteiger partial charge in [0.15, 0.2) is 6.23 Å². The molecule has 0 fully saturated rings. The van der Waals surface area contributed by atoms with Crippen molar-refractivity contribution in [3.05, 3.63) is 92.8 Å². The number of hydrogen-bond donors (Lipinski definition) is 5. The Hall–Kier alpha value is -4.58. The van der Waals surface area contributed by atoms with Crippen LogP contribution in [-0.4, -0.2) is 49.5 Å². The van der Waals surface area contributed by atoms with Gasteiger partial charge in [0, 0.05) is 34.3 Å². The lowest BCUT2D eigenvalue weighted by Crippen LogP contribution is -2.43. The smallest absolute Gasteiger partial charge is 0.321 e. The lowest BCUT2D eigenvalue weighted by atomic mass is 9.98. The molecule has 0 spiro atoms. The van der Waals surface area contributed by atoms with Gasteiger partial charge in [0.25, 0.3) is 5.91 Å². The number of carboxylic acids is 1. The summed E-state index contributed by atoms with van der Waals surface area (Å²) in [6.45, 7) is 12.1. The maximum Gasteiger partial charge on any atom is 0.321 e. The molecule has 5 N–H and O–H groups in total. The van der Waals surface area contributed by atoms with Crippen molar-refractivity contribution in [1.29, 1.82) is 0 Å². The number of para-hydroxylation sites is 1. The number of nitrogens with one attached hydrogen (secondary N) is 3. The van der Waals surface area contributed by atoms with Crippen molar-refractivity contribution < 1.29 is 29.0 Å². The van der Waals surface area contributed by atoms with Crippen LogP contribution in [0.5, 0.6) is 5.75 Å². The number of carbonyl (C=O) groups is 2. The van der Waals surface area contributed by atoms with E-state index in [2.05, 4.69) is 20.7 Å². The van der Waals surface area contributed by atoms with E-state index in [0.717, 1.165) is 60.9 Å². The van der Waals surface area contributed by atoms with Gasteiger partial charge < -0.3 is 29.7 Å². The summed E-state index contributed by atoms with van der Waals surface area (Å²) in [6.07, 6.45) is 0.533. The fourth-order valence-electron chi connectivity index (χ4n) is 6.39. The molecule has 2 aromatic carbocycles. The predicted molar refractivity (Wildman–Crippen MR) is 194 cm³/mol. The first-order chi connectivity index (χ1) is 23.8. The van der Waals surface area contributed by atoms with Crippen molar-refractivity contribution in [2.45, 2.75) is 79.6 Å². The van der Waals surface area contributed by atoms with E-state index in [9.17, 15) is 19.8 Å². The van der Waals surface area contributed by atoms with Crippen molar-refractivity contribution in [3.8, 4) is 16.9 Å². The number of aliphatic hydroxyl groups is 1. The maximum absolute atomic E-state index is 13.9. The molecule has 3 aromatic heterocycles. The Morgan fingerprint density at radius 3 is 2.48 bits per heavy atom. The molecule has 3 heterocycles. The molecule has 266 valence electrons. The average molecular weight is 704 g/mol. The van der Waals surface area contributed by atoms with Crippen LogP contribution in [0.3, 0.4) is 0 Å². The van der Waals surface area contributed by atoms with Gasteiger partial charge in [-0.1, -0.05) is 50.1 Å². The minimum absolute atomic E-state index is 0.0557. The summed E-state index contributed by atoms with van der Waals surface area (Å²) < 4.78 is 13.8. The quantitative estimate of drug-likeness (QED) is 0.0573. The molecule has 0 aliphatic heterocycles. The van der Waals surface area contributed by atoms with Gasteiger partial charge in [0.2, 0.25) is 0 Å². The first-order valence-electron chi connectivity index (χ1n) is 16.9. The zero-order valence-electron chi connectivity index (χ0n) is 29.6. The number of aryl methyl sites for hydroxylation is 5. The van der Waals surface area contributed by atoms with Crippen LogP contribution in [0.15, 0.2) is 46.9 Å². The van der Waals surface area contributed by atoms with E-state index in [1.54, 1.807) is 19.1 Å². The Morgan fingerprint density at radius 2 is 1.84 bits per heavy atom. The molecular weight excluding hydrogens is 658 g/mol. The molecule has 0 saturated carbocycles. The molecule has 3 atom stereocenters. The molecule has 12 heteroatoms.